The lowest BCUT2D eigenvalue weighted by Gasteiger charge is -2.15. The molecule has 1 amide bonds. The van der Waals surface area contributed by atoms with Crippen molar-refractivity contribution in [2.75, 3.05) is 6.61 Å². The van der Waals surface area contributed by atoms with Gasteiger partial charge in [0.2, 0.25) is 0 Å². The molecule has 0 aliphatic carbocycles. The minimum absolute atomic E-state index is 0.0798. The number of nitrogens with one attached hydrogen (secondary N) is 1. The molecule has 0 saturated heterocycles. The highest BCUT2D eigenvalue weighted by molar-refractivity contribution is 5.94. The molecule has 0 saturated carbocycles. The summed E-state index contributed by atoms with van der Waals surface area (Å²) in [5.41, 5.74) is 1.46. The maximum atomic E-state index is 12.5. The molecule has 0 aliphatic heterocycles. The summed E-state index contributed by atoms with van der Waals surface area (Å²) in [4.78, 5) is 12.5. The van der Waals surface area contributed by atoms with Crippen LogP contribution in [0.1, 0.15) is 43.1 Å². The van der Waals surface area contributed by atoms with Gasteiger partial charge in [0.15, 0.2) is 0 Å². The third-order valence-electron chi connectivity index (χ3n) is 4.75. The molecule has 4 heteroatoms. The molecular weight excluding hydrogens is 350 g/mol. The van der Waals surface area contributed by atoms with Gasteiger partial charge in [-0.05, 0) is 49.9 Å². The SMILES string of the molecule is CCOc1ccc(C(=O)N[C@H](C)CC)cc1COc1cccc2ccccc12. The highest BCUT2D eigenvalue weighted by Crippen LogP contribution is 2.28. The van der Waals surface area contributed by atoms with Crippen molar-refractivity contribution < 1.29 is 14.3 Å². The number of carbonyl (C=O) groups is 1. The first-order valence-electron chi connectivity index (χ1n) is 9.79. The van der Waals surface area contributed by atoms with Crippen LogP contribution in [0.25, 0.3) is 10.8 Å². The lowest BCUT2D eigenvalue weighted by molar-refractivity contribution is 0.0939. The van der Waals surface area contributed by atoms with Crippen LogP contribution in [0.4, 0.5) is 0 Å². The summed E-state index contributed by atoms with van der Waals surface area (Å²) in [5, 5.41) is 5.20. The number of fused-ring (bicyclic) bond motifs is 1. The molecule has 3 aromatic rings. The van der Waals surface area contributed by atoms with Crippen LogP contribution in [0.5, 0.6) is 11.5 Å². The molecule has 0 fully saturated rings. The molecule has 28 heavy (non-hydrogen) atoms. The second-order valence-electron chi connectivity index (χ2n) is 6.80. The Morgan fingerprint density at radius 2 is 1.75 bits per heavy atom. The molecular formula is C24H27NO3. The predicted molar refractivity (Wildman–Crippen MR) is 113 cm³/mol. The first-order chi connectivity index (χ1) is 13.6. The second kappa shape index (κ2) is 9.27. The largest absolute Gasteiger partial charge is 0.493 e. The summed E-state index contributed by atoms with van der Waals surface area (Å²) < 4.78 is 11.9. The molecule has 0 radical (unpaired) electrons. The van der Waals surface area contributed by atoms with Crippen molar-refractivity contribution in [2.24, 2.45) is 0 Å². The molecule has 0 aliphatic rings. The van der Waals surface area contributed by atoms with E-state index in [9.17, 15) is 4.79 Å². The van der Waals surface area contributed by atoms with E-state index in [2.05, 4.69) is 17.4 Å². The first kappa shape index (κ1) is 19.7. The van der Waals surface area contributed by atoms with E-state index in [1.165, 1.54) is 0 Å². The van der Waals surface area contributed by atoms with Gasteiger partial charge in [-0.15, -0.1) is 0 Å². The number of carbonyl (C=O) groups excluding carboxylic acids is 1. The summed E-state index contributed by atoms with van der Waals surface area (Å²) in [5.74, 6) is 1.47. The van der Waals surface area contributed by atoms with Crippen molar-refractivity contribution in [1.29, 1.82) is 0 Å². The second-order valence-corrected chi connectivity index (χ2v) is 6.80. The normalized spacial score (nSPS) is 11.8. The van der Waals surface area contributed by atoms with Gasteiger partial charge in [-0.2, -0.15) is 0 Å². The Morgan fingerprint density at radius 1 is 0.964 bits per heavy atom. The minimum atomic E-state index is -0.0798. The van der Waals surface area contributed by atoms with E-state index in [4.69, 9.17) is 9.47 Å². The van der Waals surface area contributed by atoms with Gasteiger partial charge in [-0.3, -0.25) is 4.79 Å². The zero-order valence-corrected chi connectivity index (χ0v) is 16.7. The van der Waals surface area contributed by atoms with Crippen molar-refractivity contribution in [3.05, 3.63) is 71.8 Å². The lowest BCUT2D eigenvalue weighted by Crippen LogP contribution is -2.32. The smallest absolute Gasteiger partial charge is 0.251 e. The van der Waals surface area contributed by atoms with Crippen LogP contribution in [-0.2, 0) is 6.61 Å². The van der Waals surface area contributed by atoms with Crippen LogP contribution in [0.3, 0.4) is 0 Å². The number of hydrogen-bond donors (Lipinski definition) is 1. The number of hydrogen-bond acceptors (Lipinski definition) is 3. The van der Waals surface area contributed by atoms with Gasteiger partial charge in [-0.1, -0.05) is 43.3 Å². The fourth-order valence-corrected chi connectivity index (χ4v) is 3.02. The van der Waals surface area contributed by atoms with E-state index in [0.29, 0.717) is 18.8 Å². The van der Waals surface area contributed by atoms with Gasteiger partial charge < -0.3 is 14.8 Å². The number of amides is 1. The Balaban J connectivity index is 1.84. The summed E-state index contributed by atoms with van der Waals surface area (Å²) in [6.07, 6.45) is 0.889. The van der Waals surface area contributed by atoms with E-state index in [0.717, 1.165) is 34.3 Å². The maximum Gasteiger partial charge on any atom is 0.251 e. The molecule has 0 unspecified atom stereocenters. The van der Waals surface area contributed by atoms with Gasteiger partial charge in [-0.25, -0.2) is 0 Å². The zero-order chi connectivity index (χ0) is 19.9. The van der Waals surface area contributed by atoms with Gasteiger partial charge in [0.25, 0.3) is 5.91 Å². The Hall–Kier alpha value is -3.01. The van der Waals surface area contributed by atoms with Crippen LogP contribution in [0.2, 0.25) is 0 Å². The van der Waals surface area contributed by atoms with Crippen LogP contribution >= 0.6 is 0 Å². The Labute approximate surface area is 166 Å². The molecule has 3 rings (SSSR count). The van der Waals surface area contributed by atoms with E-state index < -0.39 is 0 Å². The third kappa shape index (κ3) is 4.63. The number of benzene rings is 3. The van der Waals surface area contributed by atoms with Crippen LogP contribution in [-0.4, -0.2) is 18.6 Å². The Bertz CT molecular complexity index is 946. The highest BCUT2D eigenvalue weighted by Gasteiger charge is 2.13. The summed E-state index contributed by atoms with van der Waals surface area (Å²) in [7, 11) is 0. The van der Waals surface area contributed by atoms with Gasteiger partial charge >= 0.3 is 0 Å². The Morgan fingerprint density at radius 3 is 2.54 bits per heavy atom. The van der Waals surface area contributed by atoms with E-state index in [1.807, 2.05) is 63.2 Å². The van der Waals surface area contributed by atoms with Gasteiger partial charge in [0, 0.05) is 22.6 Å². The standard InChI is InChI=1S/C24H27NO3/c1-4-17(3)25-24(26)19-13-14-22(27-5-2)20(15-19)16-28-23-12-8-10-18-9-6-7-11-21(18)23/h6-15,17H,4-5,16H2,1-3H3,(H,25,26)/t17-/m1/s1. The number of rotatable bonds is 8. The maximum absolute atomic E-state index is 12.5. The van der Waals surface area contributed by atoms with Crippen LogP contribution < -0.4 is 14.8 Å². The quantitative estimate of drug-likeness (QED) is 0.576. The predicted octanol–water partition coefficient (Wildman–Crippen LogP) is 5.35. The van der Waals surface area contributed by atoms with Crippen molar-refractivity contribution >= 4 is 16.7 Å². The topological polar surface area (TPSA) is 47.6 Å². The van der Waals surface area contributed by atoms with Gasteiger partial charge in [0.1, 0.15) is 18.1 Å². The highest BCUT2D eigenvalue weighted by atomic mass is 16.5. The number of ether oxygens (including phenoxy) is 2. The third-order valence-corrected chi connectivity index (χ3v) is 4.75. The molecule has 0 heterocycles. The summed E-state index contributed by atoms with van der Waals surface area (Å²) in [6.45, 7) is 6.87. The Kier molecular flexibility index (Phi) is 6.53. The van der Waals surface area contributed by atoms with Gasteiger partial charge in [0.05, 0.1) is 6.61 Å². The molecule has 3 aromatic carbocycles. The van der Waals surface area contributed by atoms with E-state index in [1.54, 1.807) is 6.07 Å². The fraction of sp³-hybridized carbons (Fsp3) is 0.292. The molecule has 0 aromatic heterocycles. The van der Waals surface area contributed by atoms with Crippen LogP contribution in [0, 0.1) is 0 Å². The van der Waals surface area contributed by atoms with Crippen molar-refractivity contribution in [2.45, 2.75) is 39.8 Å². The van der Waals surface area contributed by atoms with Crippen molar-refractivity contribution in [3.63, 3.8) is 0 Å². The first-order valence-corrected chi connectivity index (χ1v) is 9.79. The van der Waals surface area contributed by atoms with Crippen molar-refractivity contribution in [1.82, 2.24) is 5.32 Å². The molecule has 4 nitrogen and oxygen atoms in total. The van der Waals surface area contributed by atoms with E-state index in [-0.39, 0.29) is 11.9 Å². The molecule has 1 atom stereocenters. The average Bonchev–Trinajstić information content (AvgIpc) is 2.73. The molecule has 146 valence electrons. The van der Waals surface area contributed by atoms with Crippen molar-refractivity contribution in [3.8, 4) is 11.5 Å². The monoisotopic (exact) mass is 377 g/mol. The summed E-state index contributed by atoms with van der Waals surface area (Å²) in [6, 6.07) is 19.8. The van der Waals surface area contributed by atoms with Crippen LogP contribution in [0.15, 0.2) is 60.7 Å². The zero-order valence-electron chi connectivity index (χ0n) is 16.7. The molecule has 0 spiro atoms. The summed E-state index contributed by atoms with van der Waals surface area (Å²) >= 11 is 0. The lowest BCUT2D eigenvalue weighted by atomic mass is 10.1. The fourth-order valence-electron chi connectivity index (χ4n) is 3.02. The molecule has 1 N–H and O–H groups in total. The minimum Gasteiger partial charge on any atom is -0.493 e. The molecule has 0 bridgehead atoms. The average molecular weight is 377 g/mol. The van der Waals surface area contributed by atoms with E-state index >= 15 is 0 Å².